The molecule has 18 heavy (non-hydrogen) atoms. The Morgan fingerprint density at radius 2 is 2.11 bits per heavy atom. The Bertz CT molecular complexity index is 467. The van der Waals surface area contributed by atoms with Crippen LogP contribution in [-0.2, 0) is 12.8 Å². The lowest BCUT2D eigenvalue weighted by atomic mass is 10.1. The number of likely N-dealkylation sites (N-methyl/N-ethyl adjacent to an activating group) is 1. The van der Waals surface area contributed by atoms with Crippen molar-refractivity contribution in [3.63, 3.8) is 0 Å². The summed E-state index contributed by atoms with van der Waals surface area (Å²) in [6, 6.07) is 6.33. The van der Waals surface area contributed by atoms with Crippen LogP contribution in [-0.4, -0.2) is 22.0 Å². The fraction of sp³-hybridized carbons (Fsp3) is 0.357. The van der Waals surface area contributed by atoms with E-state index in [4.69, 9.17) is 0 Å². The molecular weight excluding hydrogens is 224 g/mol. The Kier molecular flexibility index (Phi) is 4.36. The van der Waals surface area contributed by atoms with E-state index in [0.29, 0.717) is 0 Å². The third-order valence-corrected chi connectivity index (χ3v) is 3.02. The van der Waals surface area contributed by atoms with Crippen LogP contribution in [0.5, 0.6) is 0 Å². The summed E-state index contributed by atoms with van der Waals surface area (Å²) in [6.45, 7) is 2.13. The Hall–Kier alpha value is -1.81. The van der Waals surface area contributed by atoms with Crippen LogP contribution in [0.2, 0.25) is 0 Å². The van der Waals surface area contributed by atoms with Crippen LogP contribution in [0.15, 0.2) is 36.9 Å². The first-order valence-corrected chi connectivity index (χ1v) is 6.20. The largest absolute Gasteiger partial charge is 0.311 e. The van der Waals surface area contributed by atoms with E-state index in [-0.39, 0.29) is 6.04 Å². The Morgan fingerprint density at radius 3 is 2.67 bits per heavy atom. The van der Waals surface area contributed by atoms with Gasteiger partial charge in [0.1, 0.15) is 6.33 Å². The zero-order valence-corrected chi connectivity index (χ0v) is 10.8. The van der Waals surface area contributed by atoms with Gasteiger partial charge in [0.2, 0.25) is 0 Å². The lowest BCUT2D eigenvalue weighted by Crippen LogP contribution is -2.20. The van der Waals surface area contributed by atoms with Crippen molar-refractivity contribution in [2.75, 3.05) is 7.05 Å². The van der Waals surface area contributed by atoms with Gasteiger partial charge in [0, 0.05) is 24.5 Å². The second-order valence-corrected chi connectivity index (χ2v) is 4.19. The summed E-state index contributed by atoms with van der Waals surface area (Å²) in [4.78, 5) is 12.7. The van der Waals surface area contributed by atoms with Crippen LogP contribution < -0.4 is 5.32 Å². The van der Waals surface area contributed by atoms with Gasteiger partial charge in [-0.1, -0.05) is 13.0 Å². The quantitative estimate of drug-likeness (QED) is 0.870. The molecule has 0 aliphatic rings. The fourth-order valence-corrected chi connectivity index (χ4v) is 1.86. The van der Waals surface area contributed by atoms with Crippen molar-refractivity contribution in [1.29, 1.82) is 0 Å². The first-order valence-electron chi connectivity index (χ1n) is 6.20. The lowest BCUT2D eigenvalue weighted by Gasteiger charge is -2.14. The summed E-state index contributed by atoms with van der Waals surface area (Å²) in [7, 11) is 1.94. The van der Waals surface area contributed by atoms with Gasteiger partial charge in [0.15, 0.2) is 0 Å². The molecule has 2 rings (SSSR count). The molecule has 1 unspecified atom stereocenters. The number of hydrogen-bond donors (Lipinski definition) is 1. The van der Waals surface area contributed by atoms with E-state index in [1.807, 2.05) is 19.3 Å². The van der Waals surface area contributed by atoms with Gasteiger partial charge in [0.25, 0.3) is 0 Å². The highest BCUT2D eigenvalue weighted by Gasteiger charge is 2.11. The van der Waals surface area contributed by atoms with E-state index in [2.05, 4.69) is 39.3 Å². The van der Waals surface area contributed by atoms with Gasteiger partial charge in [-0.15, -0.1) is 0 Å². The molecule has 0 aliphatic carbocycles. The number of rotatable bonds is 5. The maximum absolute atomic E-state index is 4.48. The second kappa shape index (κ2) is 6.21. The first-order chi connectivity index (χ1) is 8.83. The van der Waals surface area contributed by atoms with E-state index in [0.717, 1.165) is 24.2 Å². The molecule has 0 saturated heterocycles. The van der Waals surface area contributed by atoms with Gasteiger partial charge in [-0.2, -0.15) is 0 Å². The van der Waals surface area contributed by atoms with Gasteiger partial charge >= 0.3 is 0 Å². The molecule has 0 aliphatic heterocycles. The summed E-state index contributed by atoms with van der Waals surface area (Å²) in [6.07, 6.45) is 7.14. The zero-order valence-electron chi connectivity index (χ0n) is 10.8. The number of aryl methyl sites for hydroxylation is 1. The topological polar surface area (TPSA) is 50.7 Å². The minimum Gasteiger partial charge on any atom is -0.311 e. The van der Waals surface area contributed by atoms with Crippen molar-refractivity contribution in [1.82, 2.24) is 20.3 Å². The van der Waals surface area contributed by atoms with Crippen molar-refractivity contribution in [3.8, 4) is 0 Å². The zero-order chi connectivity index (χ0) is 12.8. The highest BCUT2D eigenvalue weighted by Crippen LogP contribution is 2.14. The SMILES string of the molecule is CCc1ccc(CC(NC)c2ccncn2)nc1. The van der Waals surface area contributed by atoms with Crippen molar-refractivity contribution < 1.29 is 0 Å². The van der Waals surface area contributed by atoms with Crippen molar-refractivity contribution >= 4 is 0 Å². The van der Waals surface area contributed by atoms with E-state index >= 15 is 0 Å². The molecule has 1 atom stereocenters. The lowest BCUT2D eigenvalue weighted by molar-refractivity contribution is 0.567. The molecule has 4 nitrogen and oxygen atoms in total. The second-order valence-electron chi connectivity index (χ2n) is 4.19. The maximum Gasteiger partial charge on any atom is 0.115 e. The molecule has 2 aromatic heterocycles. The van der Waals surface area contributed by atoms with E-state index in [1.165, 1.54) is 5.56 Å². The highest BCUT2D eigenvalue weighted by atomic mass is 14.9. The van der Waals surface area contributed by atoms with Crippen LogP contribution >= 0.6 is 0 Å². The standard InChI is InChI=1S/C14H18N4/c1-3-11-4-5-12(17-9-11)8-14(15-2)13-6-7-16-10-18-13/h4-7,9-10,14-15H,3,8H2,1-2H3. The summed E-state index contributed by atoms with van der Waals surface area (Å²) >= 11 is 0. The van der Waals surface area contributed by atoms with Crippen molar-refractivity contribution in [2.24, 2.45) is 0 Å². The molecule has 0 radical (unpaired) electrons. The molecule has 1 N–H and O–H groups in total. The molecule has 0 bridgehead atoms. The molecule has 0 amide bonds. The minimum absolute atomic E-state index is 0.174. The fourth-order valence-electron chi connectivity index (χ4n) is 1.86. The molecule has 2 aromatic rings. The summed E-state index contributed by atoms with van der Waals surface area (Å²) in [5, 5.41) is 3.27. The summed E-state index contributed by atoms with van der Waals surface area (Å²) in [5.41, 5.74) is 3.33. The monoisotopic (exact) mass is 242 g/mol. The van der Waals surface area contributed by atoms with Gasteiger partial charge in [0.05, 0.1) is 11.7 Å². The van der Waals surface area contributed by atoms with Gasteiger partial charge < -0.3 is 5.32 Å². The average molecular weight is 242 g/mol. The van der Waals surface area contributed by atoms with E-state index in [9.17, 15) is 0 Å². The van der Waals surface area contributed by atoms with Gasteiger partial charge in [-0.3, -0.25) is 4.98 Å². The van der Waals surface area contributed by atoms with Gasteiger partial charge in [-0.05, 0) is 31.2 Å². The number of nitrogens with one attached hydrogen (secondary N) is 1. The van der Waals surface area contributed by atoms with Crippen LogP contribution in [0.3, 0.4) is 0 Å². The minimum atomic E-state index is 0.174. The van der Waals surface area contributed by atoms with Crippen LogP contribution in [0.4, 0.5) is 0 Å². The van der Waals surface area contributed by atoms with Crippen molar-refractivity contribution in [3.05, 3.63) is 53.9 Å². The Labute approximate surface area is 108 Å². The molecule has 0 spiro atoms. The number of aromatic nitrogens is 3. The maximum atomic E-state index is 4.48. The predicted molar refractivity (Wildman–Crippen MR) is 71.2 cm³/mol. The Balaban J connectivity index is 2.10. The molecule has 0 fully saturated rings. The molecular formula is C14H18N4. The summed E-state index contributed by atoms with van der Waals surface area (Å²) in [5.74, 6) is 0. The van der Waals surface area contributed by atoms with Crippen LogP contribution in [0, 0.1) is 0 Å². The van der Waals surface area contributed by atoms with Crippen LogP contribution in [0.1, 0.15) is 29.9 Å². The molecule has 2 heterocycles. The molecule has 0 saturated carbocycles. The summed E-state index contributed by atoms with van der Waals surface area (Å²) < 4.78 is 0. The third kappa shape index (κ3) is 3.11. The van der Waals surface area contributed by atoms with E-state index < -0.39 is 0 Å². The molecule has 94 valence electrons. The highest BCUT2D eigenvalue weighted by molar-refractivity contribution is 5.16. The Morgan fingerprint density at radius 1 is 1.22 bits per heavy atom. The number of nitrogens with zero attached hydrogens (tertiary/aromatic N) is 3. The smallest absolute Gasteiger partial charge is 0.115 e. The average Bonchev–Trinajstić information content (AvgIpc) is 2.46. The number of hydrogen-bond acceptors (Lipinski definition) is 4. The van der Waals surface area contributed by atoms with Crippen LogP contribution in [0.25, 0.3) is 0 Å². The molecule has 4 heteroatoms. The molecule has 0 aromatic carbocycles. The van der Waals surface area contributed by atoms with E-state index in [1.54, 1.807) is 12.5 Å². The van der Waals surface area contributed by atoms with Crippen molar-refractivity contribution in [2.45, 2.75) is 25.8 Å². The normalized spacial score (nSPS) is 12.3. The third-order valence-electron chi connectivity index (χ3n) is 3.02. The van der Waals surface area contributed by atoms with Gasteiger partial charge in [-0.25, -0.2) is 9.97 Å². The first kappa shape index (κ1) is 12.6. The number of pyridine rings is 1. The predicted octanol–water partition coefficient (Wildman–Crippen LogP) is 1.94.